The molecule has 1 saturated carbocycles. The molecule has 1 aromatic heterocycles. The average Bonchev–Trinajstić information content (AvgIpc) is 2.85. The molecule has 0 amide bonds. The average molecular weight is 238 g/mol. The van der Waals surface area contributed by atoms with Crippen LogP contribution in [0.1, 0.15) is 44.8 Å². The maximum Gasteiger partial charge on any atom is 0.303 e. The molecule has 2 rings (SSSR count). The zero-order chi connectivity index (χ0) is 12.5. The van der Waals surface area contributed by atoms with Gasteiger partial charge in [-0.1, -0.05) is 19.0 Å². The molecule has 0 bridgehead atoms. The molecule has 94 valence electrons. The van der Waals surface area contributed by atoms with Crippen molar-refractivity contribution in [2.45, 2.75) is 46.0 Å². The maximum absolute atomic E-state index is 10.7. The van der Waals surface area contributed by atoms with Crippen molar-refractivity contribution >= 4 is 5.97 Å². The van der Waals surface area contributed by atoms with Crippen LogP contribution in [0.2, 0.25) is 0 Å². The lowest BCUT2D eigenvalue weighted by Crippen LogP contribution is -2.19. The van der Waals surface area contributed by atoms with Crippen LogP contribution >= 0.6 is 0 Å². The number of hydrogen-bond donors (Lipinski definition) is 1. The van der Waals surface area contributed by atoms with Crippen molar-refractivity contribution in [1.29, 1.82) is 0 Å². The summed E-state index contributed by atoms with van der Waals surface area (Å²) >= 11 is 0. The van der Waals surface area contributed by atoms with Gasteiger partial charge < -0.3 is 9.63 Å². The molecule has 1 aromatic rings. The Labute approximate surface area is 100 Å². The topological polar surface area (TPSA) is 76.2 Å². The second-order valence-electron chi connectivity index (χ2n) is 5.66. The number of hydrogen-bond acceptors (Lipinski definition) is 4. The Balaban J connectivity index is 1.92. The van der Waals surface area contributed by atoms with Crippen LogP contribution in [-0.2, 0) is 17.6 Å². The van der Waals surface area contributed by atoms with E-state index in [0.717, 1.165) is 18.2 Å². The molecule has 1 aliphatic carbocycles. The molecule has 0 aromatic carbocycles. The Bertz CT molecular complexity index is 408. The van der Waals surface area contributed by atoms with Crippen LogP contribution in [0.25, 0.3) is 0 Å². The van der Waals surface area contributed by atoms with E-state index in [1.165, 1.54) is 12.8 Å². The third-order valence-corrected chi connectivity index (χ3v) is 2.94. The zero-order valence-corrected chi connectivity index (χ0v) is 10.3. The Kier molecular flexibility index (Phi) is 3.17. The molecule has 5 heteroatoms. The van der Waals surface area contributed by atoms with Crippen molar-refractivity contribution in [3.63, 3.8) is 0 Å². The SMILES string of the molecule is CC(C)(CC(=O)O)Cc1nc(CC2CC2)no1. The van der Waals surface area contributed by atoms with E-state index in [2.05, 4.69) is 10.1 Å². The lowest BCUT2D eigenvalue weighted by molar-refractivity contribution is -0.139. The van der Waals surface area contributed by atoms with Gasteiger partial charge in [0.2, 0.25) is 5.89 Å². The van der Waals surface area contributed by atoms with Gasteiger partial charge in [0.25, 0.3) is 0 Å². The fourth-order valence-electron chi connectivity index (χ4n) is 1.91. The fourth-order valence-corrected chi connectivity index (χ4v) is 1.91. The Hall–Kier alpha value is -1.39. The van der Waals surface area contributed by atoms with Crippen molar-refractivity contribution in [2.75, 3.05) is 0 Å². The fraction of sp³-hybridized carbons (Fsp3) is 0.750. The van der Waals surface area contributed by atoms with Gasteiger partial charge in [-0.2, -0.15) is 4.98 Å². The predicted molar refractivity (Wildman–Crippen MR) is 60.5 cm³/mol. The Morgan fingerprint density at radius 2 is 2.24 bits per heavy atom. The zero-order valence-electron chi connectivity index (χ0n) is 10.3. The summed E-state index contributed by atoms with van der Waals surface area (Å²) in [6.07, 6.45) is 4.02. The lowest BCUT2D eigenvalue weighted by Gasteiger charge is -2.19. The van der Waals surface area contributed by atoms with Crippen LogP contribution in [-0.4, -0.2) is 21.2 Å². The van der Waals surface area contributed by atoms with E-state index >= 15 is 0 Å². The van der Waals surface area contributed by atoms with Crippen LogP contribution in [0.4, 0.5) is 0 Å². The second kappa shape index (κ2) is 4.47. The minimum atomic E-state index is -0.798. The van der Waals surface area contributed by atoms with E-state index in [9.17, 15) is 4.79 Å². The van der Waals surface area contributed by atoms with Crippen molar-refractivity contribution in [1.82, 2.24) is 10.1 Å². The van der Waals surface area contributed by atoms with E-state index in [1.807, 2.05) is 13.8 Å². The first-order chi connectivity index (χ1) is 7.94. The number of carbonyl (C=O) groups is 1. The number of aliphatic carboxylic acids is 1. The quantitative estimate of drug-likeness (QED) is 0.821. The number of carboxylic acid groups (broad SMARTS) is 1. The monoisotopic (exact) mass is 238 g/mol. The van der Waals surface area contributed by atoms with Crippen molar-refractivity contribution < 1.29 is 14.4 Å². The summed E-state index contributed by atoms with van der Waals surface area (Å²) in [5.74, 6) is 1.24. The van der Waals surface area contributed by atoms with Crippen LogP contribution in [0, 0.1) is 11.3 Å². The molecule has 1 N–H and O–H groups in total. The van der Waals surface area contributed by atoms with Gasteiger partial charge in [-0.3, -0.25) is 4.79 Å². The number of nitrogens with zero attached hydrogens (tertiary/aromatic N) is 2. The summed E-state index contributed by atoms with van der Waals surface area (Å²) in [6.45, 7) is 3.79. The highest BCUT2D eigenvalue weighted by Gasteiger charge is 2.27. The predicted octanol–water partition coefficient (Wildman–Crippen LogP) is 2.07. The maximum atomic E-state index is 10.7. The molecule has 1 fully saturated rings. The lowest BCUT2D eigenvalue weighted by atomic mass is 9.86. The Morgan fingerprint density at radius 1 is 1.53 bits per heavy atom. The standard InChI is InChI=1S/C12H18N2O3/c1-12(2,7-11(15)16)6-10-13-9(14-17-10)5-8-3-4-8/h8H,3-7H2,1-2H3,(H,15,16). The van der Waals surface area contributed by atoms with E-state index in [-0.39, 0.29) is 11.8 Å². The van der Waals surface area contributed by atoms with Gasteiger partial charge in [-0.15, -0.1) is 0 Å². The van der Waals surface area contributed by atoms with Gasteiger partial charge in [0, 0.05) is 12.8 Å². The molecular formula is C12H18N2O3. The minimum absolute atomic E-state index is 0.105. The molecular weight excluding hydrogens is 220 g/mol. The summed E-state index contributed by atoms with van der Waals surface area (Å²) in [5, 5.41) is 12.7. The molecule has 0 saturated heterocycles. The third kappa shape index (κ3) is 3.84. The molecule has 0 spiro atoms. The summed E-state index contributed by atoms with van der Waals surface area (Å²) in [4.78, 5) is 15.0. The van der Waals surface area contributed by atoms with E-state index in [0.29, 0.717) is 12.3 Å². The summed E-state index contributed by atoms with van der Waals surface area (Å²) in [5.41, 5.74) is -0.352. The molecule has 5 nitrogen and oxygen atoms in total. The number of aromatic nitrogens is 2. The van der Waals surface area contributed by atoms with Crippen LogP contribution in [0.5, 0.6) is 0 Å². The molecule has 17 heavy (non-hydrogen) atoms. The van der Waals surface area contributed by atoms with Crippen molar-refractivity contribution in [2.24, 2.45) is 11.3 Å². The highest BCUT2D eigenvalue weighted by molar-refractivity contribution is 5.67. The largest absolute Gasteiger partial charge is 0.481 e. The van der Waals surface area contributed by atoms with Gasteiger partial charge in [-0.05, 0) is 24.2 Å². The van der Waals surface area contributed by atoms with Crippen LogP contribution in [0.3, 0.4) is 0 Å². The first-order valence-electron chi connectivity index (χ1n) is 5.98. The van der Waals surface area contributed by atoms with E-state index < -0.39 is 5.97 Å². The smallest absolute Gasteiger partial charge is 0.303 e. The van der Waals surface area contributed by atoms with Gasteiger partial charge in [0.05, 0.1) is 6.42 Å². The normalized spacial score (nSPS) is 16.1. The molecule has 1 heterocycles. The highest BCUT2D eigenvalue weighted by atomic mass is 16.5. The summed E-state index contributed by atoms with van der Waals surface area (Å²) in [6, 6.07) is 0. The first-order valence-corrected chi connectivity index (χ1v) is 5.98. The first kappa shape index (κ1) is 12.1. The third-order valence-electron chi connectivity index (χ3n) is 2.94. The van der Waals surface area contributed by atoms with Crippen molar-refractivity contribution in [3.8, 4) is 0 Å². The van der Waals surface area contributed by atoms with Gasteiger partial charge >= 0.3 is 5.97 Å². The summed E-state index contributed by atoms with van der Waals surface area (Å²) in [7, 11) is 0. The molecule has 0 aliphatic heterocycles. The molecule has 0 unspecified atom stereocenters. The minimum Gasteiger partial charge on any atom is -0.481 e. The second-order valence-corrected chi connectivity index (χ2v) is 5.66. The van der Waals surface area contributed by atoms with Crippen LogP contribution in [0.15, 0.2) is 4.52 Å². The van der Waals surface area contributed by atoms with Crippen molar-refractivity contribution in [3.05, 3.63) is 11.7 Å². The molecule has 0 radical (unpaired) electrons. The van der Waals surface area contributed by atoms with Gasteiger partial charge in [0.15, 0.2) is 5.82 Å². The molecule has 0 atom stereocenters. The summed E-state index contributed by atoms with van der Waals surface area (Å²) < 4.78 is 5.16. The number of rotatable bonds is 6. The van der Waals surface area contributed by atoms with E-state index in [4.69, 9.17) is 9.63 Å². The van der Waals surface area contributed by atoms with E-state index in [1.54, 1.807) is 0 Å². The number of carboxylic acids is 1. The van der Waals surface area contributed by atoms with Crippen LogP contribution < -0.4 is 0 Å². The molecule has 1 aliphatic rings. The van der Waals surface area contributed by atoms with Gasteiger partial charge in [0.1, 0.15) is 0 Å². The highest BCUT2D eigenvalue weighted by Crippen LogP contribution is 2.32. The Morgan fingerprint density at radius 3 is 2.82 bits per heavy atom. The van der Waals surface area contributed by atoms with Gasteiger partial charge in [-0.25, -0.2) is 0 Å².